The number of urea groups is 1. The maximum Gasteiger partial charge on any atom is 0.317 e. The standard InChI is InChI=1S/C33H45N7O5/c1-21(2)19-40(32(45)37-33(3,4)5)20-28(41)26(17-22-11-7-6-8-12-22)36-30(43)27(18-29(34)42)38-39-31(44)25-16-15-23-13-9-10-14-24(23)35-25/h6-16,21,26-28,38,41H,17-20H2,1-5H3,(H2,34,42)(H,36,43)(H,37,45)(H,39,44)/t26-,27-,28?/m0/s1. The SMILES string of the molecule is CC(C)CN(CC(O)[C@H](Cc1ccccc1)NC(=O)[C@H](CC(N)=O)NNC(=O)c1ccc2ccccc2n1)C(=O)NC(C)(C)C. The monoisotopic (exact) mass is 619 g/mol. The van der Waals surface area contributed by atoms with E-state index in [1.165, 1.54) is 4.90 Å². The minimum Gasteiger partial charge on any atom is -0.389 e. The summed E-state index contributed by atoms with van der Waals surface area (Å²) in [5.74, 6) is -1.94. The van der Waals surface area contributed by atoms with Crippen LogP contribution in [-0.4, -0.2) is 75.6 Å². The molecule has 0 aliphatic heterocycles. The second-order valence-corrected chi connectivity index (χ2v) is 12.6. The number of carbonyl (C=O) groups excluding carboxylic acids is 4. The predicted molar refractivity (Wildman–Crippen MR) is 173 cm³/mol. The summed E-state index contributed by atoms with van der Waals surface area (Å²) in [5.41, 5.74) is 11.6. The van der Waals surface area contributed by atoms with E-state index >= 15 is 0 Å². The van der Waals surface area contributed by atoms with Crippen LogP contribution in [-0.2, 0) is 16.0 Å². The molecule has 1 heterocycles. The number of hydrogen-bond acceptors (Lipinski definition) is 7. The summed E-state index contributed by atoms with van der Waals surface area (Å²) >= 11 is 0. The molecule has 7 N–H and O–H groups in total. The highest BCUT2D eigenvalue weighted by atomic mass is 16.3. The number of amides is 5. The molecule has 12 heteroatoms. The van der Waals surface area contributed by atoms with Crippen molar-refractivity contribution < 1.29 is 24.3 Å². The van der Waals surface area contributed by atoms with E-state index in [9.17, 15) is 24.3 Å². The van der Waals surface area contributed by atoms with Gasteiger partial charge in [-0.2, -0.15) is 0 Å². The van der Waals surface area contributed by atoms with Crippen LogP contribution in [0.2, 0.25) is 0 Å². The first kappa shape index (κ1) is 34.9. The lowest BCUT2D eigenvalue weighted by molar-refractivity contribution is -0.128. The molecular formula is C33H45N7O5. The number of nitrogens with two attached hydrogens (primary N) is 1. The molecule has 12 nitrogen and oxygen atoms in total. The van der Waals surface area contributed by atoms with Gasteiger partial charge in [0.15, 0.2) is 0 Å². The molecule has 0 aliphatic carbocycles. The van der Waals surface area contributed by atoms with Crippen molar-refractivity contribution >= 4 is 34.7 Å². The number of aliphatic hydroxyl groups excluding tert-OH is 1. The summed E-state index contributed by atoms with van der Waals surface area (Å²) in [4.78, 5) is 57.3. The molecule has 1 aromatic heterocycles. The lowest BCUT2D eigenvalue weighted by Gasteiger charge is -2.34. The van der Waals surface area contributed by atoms with Crippen molar-refractivity contribution in [1.82, 2.24) is 31.4 Å². The van der Waals surface area contributed by atoms with E-state index in [-0.39, 0.29) is 30.6 Å². The molecule has 0 saturated carbocycles. The number of nitrogens with zero attached hydrogens (tertiary/aromatic N) is 2. The number of rotatable bonds is 14. The zero-order chi connectivity index (χ0) is 33.1. The van der Waals surface area contributed by atoms with E-state index in [1.54, 1.807) is 18.2 Å². The fraction of sp³-hybridized carbons (Fsp3) is 0.424. The van der Waals surface area contributed by atoms with Crippen molar-refractivity contribution in [2.75, 3.05) is 13.1 Å². The minimum absolute atomic E-state index is 0.0594. The molecule has 0 bridgehead atoms. The van der Waals surface area contributed by atoms with Gasteiger partial charge in [0.1, 0.15) is 11.7 Å². The van der Waals surface area contributed by atoms with Crippen molar-refractivity contribution in [3.63, 3.8) is 0 Å². The van der Waals surface area contributed by atoms with Gasteiger partial charge in [0, 0.05) is 17.5 Å². The number of benzene rings is 2. The van der Waals surface area contributed by atoms with Crippen LogP contribution in [0.1, 0.15) is 57.1 Å². The topological polar surface area (TPSA) is 179 Å². The van der Waals surface area contributed by atoms with Gasteiger partial charge < -0.3 is 26.4 Å². The van der Waals surface area contributed by atoms with E-state index in [2.05, 4.69) is 26.5 Å². The molecule has 0 aliphatic rings. The van der Waals surface area contributed by atoms with E-state index in [0.29, 0.717) is 12.1 Å². The van der Waals surface area contributed by atoms with Crippen LogP contribution in [0.4, 0.5) is 4.79 Å². The lowest BCUT2D eigenvalue weighted by Crippen LogP contribution is -2.59. The molecule has 2 aromatic carbocycles. The highest BCUT2D eigenvalue weighted by Gasteiger charge is 2.31. The Morgan fingerprint density at radius 2 is 1.60 bits per heavy atom. The number of aromatic nitrogens is 1. The number of fused-ring (bicyclic) bond motifs is 1. The molecule has 45 heavy (non-hydrogen) atoms. The van der Waals surface area contributed by atoms with Crippen LogP contribution in [0.15, 0.2) is 66.7 Å². The van der Waals surface area contributed by atoms with Gasteiger partial charge in [-0.3, -0.25) is 19.8 Å². The third-order valence-corrected chi connectivity index (χ3v) is 6.77. The van der Waals surface area contributed by atoms with Gasteiger partial charge >= 0.3 is 6.03 Å². The number of hydrogen-bond donors (Lipinski definition) is 6. The Labute approximate surface area is 264 Å². The highest BCUT2D eigenvalue weighted by molar-refractivity contribution is 5.95. The number of primary amides is 1. The predicted octanol–water partition coefficient (Wildman–Crippen LogP) is 2.27. The Kier molecular flexibility index (Phi) is 12.4. The number of carbonyl (C=O) groups is 4. The van der Waals surface area contributed by atoms with Crippen LogP contribution in [0.5, 0.6) is 0 Å². The first-order valence-corrected chi connectivity index (χ1v) is 15.0. The van der Waals surface area contributed by atoms with E-state index < -0.39 is 47.9 Å². The number of pyridine rings is 1. The van der Waals surface area contributed by atoms with Crippen LogP contribution in [0, 0.1) is 5.92 Å². The summed E-state index contributed by atoms with van der Waals surface area (Å²) in [7, 11) is 0. The van der Waals surface area contributed by atoms with Crippen molar-refractivity contribution in [2.45, 2.75) is 71.2 Å². The Morgan fingerprint density at radius 3 is 2.24 bits per heavy atom. The van der Waals surface area contributed by atoms with Crippen LogP contribution >= 0.6 is 0 Å². The number of hydrazine groups is 1. The number of aliphatic hydroxyl groups is 1. The molecule has 3 aromatic rings. The molecule has 0 saturated heterocycles. The molecule has 3 atom stereocenters. The molecule has 0 fully saturated rings. The minimum atomic E-state index is -1.26. The van der Waals surface area contributed by atoms with Crippen LogP contribution in [0.3, 0.4) is 0 Å². The van der Waals surface area contributed by atoms with Gasteiger partial charge in [0.25, 0.3) is 5.91 Å². The normalized spacial score (nSPS) is 13.5. The van der Waals surface area contributed by atoms with Crippen molar-refractivity contribution in [1.29, 1.82) is 0 Å². The Hall–Kier alpha value is -4.55. The summed E-state index contributed by atoms with van der Waals surface area (Å²) in [6.07, 6.45) is -1.37. The zero-order valence-corrected chi connectivity index (χ0v) is 26.5. The van der Waals surface area contributed by atoms with Crippen LogP contribution < -0.4 is 27.2 Å². The first-order valence-electron chi connectivity index (χ1n) is 15.0. The van der Waals surface area contributed by atoms with E-state index in [4.69, 9.17) is 5.73 Å². The average molecular weight is 620 g/mol. The average Bonchev–Trinajstić information content (AvgIpc) is 2.97. The van der Waals surface area contributed by atoms with Crippen molar-refractivity contribution in [2.24, 2.45) is 11.7 Å². The smallest absolute Gasteiger partial charge is 0.317 e. The van der Waals surface area contributed by atoms with Gasteiger partial charge in [-0.05, 0) is 50.8 Å². The second kappa shape index (κ2) is 16.0. The van der Waals surface area contributed by atoms with E-state index in [0.717, 1.165) is 10.9 Å². The summed E-state index contributed by atoms with van der Waals surface area (Å²) < 4.78 is 0. The Bertz CT molecular complexity index is 1460. The highest BCUT2D eigenvalue weighted by Crippen LogP contribution is 2.13. The molecule has 3 rings (SSSR count). The maximum absolute atomic E-state index is 13.5. The van der Waals surface area contributed by atoms with E-state index in [1.807, 2.05) is 83.1 Å². The molecular weight excluding hydrogens is 574 g/mol. The maximum atomic E-state index is 13.5. The fourth-order valence-corrected chi connectivity index (χ4v) is 4.69. The van der Waals surface area contributed by atoms with Gasteiger partial charge in [0.2, 0.25) is 11.8 Å². The quantitative estimate of drug-likeness (QED) is 0.150. The Balaban J connectivity index is 1.78. The molecule has 1 unspecified atom stereocenters. The summed E-state index contributed by atoms with van der Waals surface area (Å²) in [5, 5.41) is 18.1. The zero-order valence-electron chi connectivity index (χ0n) is 26.5. The fourth-order valence-electron chi connectivity index (χ4n) is 4.69. The van der Waals surface area contributed by atoms with Crippen molar-refractivity contribution in [3.05, 3.63) is 78.0 Å². The van der Waals surface area contributed by atoms with Gasteiger partial charge in [-0.1, -0.05) is 68.4 Å². The molecule has 5 amide bonds. The number of para-hydroxylation sites is 1. The van der Waals surface area contributed by atoms with Crippen molar-refractivity contribution in [3.8, 4) is 0 Å². The van der Waals surface area contributed by atoms with Gasteiger partial charge in [-0.15, -0.1) is 0 Å². The van der Waals surface area contributed by atoms with Gasteiger partial charge in [-0.25, -0.2) is 15.2 Å². The van der Waals surface area contributed by atoms with Crippen LogP contribution in [0.25, 0.3) is 10.9 Å². The summed E-state index contributed by atoms with van der Waals surface area (Å²) in [6.45, 7) is 9.86. The molecule has 0 spiro atoms. The largest absolute Gasteiger partial charge is 0.389 e. The number of nitrogens with one attached hydrogen (secondary N) is 4. The third-order valence-electron chi connectivity index (χ3n) is 6.77. The Morgan fingerprint density at radius 1 is 0.933 bits per heavy atom. The molecule has 0 radical (unpaired) electrons. The first-order chi connectivity index (χ1) is 21.2. The molecule has 242 valence electrons. The third kappa shape index (κ3) is 11.5. The lowest BCUT2D eigenvalue weighted by atomic mass is 9.99. The van der Waals surface area contributed by atoms with Gasteiger partial charge in [0.05, 0.1) is 30.6 Å². The summed E-state index contributed by atoms with van der Waals surface area (Å²) in [6, 6.07) is 17.4. The second-order valence-electron chi connectivity index (χ2n) is 12.6.